The summed E-state index contributed by atoms with van der Waals surface area (Å²) in [6.45, 7) is -10.1. The van der Waals surface area contributed by atoms with E-state index in [0.29, 0.717) is 0 Å². The summed E-state index contributed by atoms with van der Waals surface area (Å²) in [6.07, 6.45) is -2.08. The number of ether oxygens (including phenoxy) is 1. The molecule has 1 N–H and O–H groups in total. The summed E-state index contributed by atoms with van der Waals surface area (Å²) in [6, 6.07) is -10.9. The molecule has 168 valence electrons. The Labute approximate surface area is 209 Å². The van der Waals surface area contributed by atoms with Crippen LogP contribution in [0.4, 0.5) is 9.18 Å². The third-order valence-corrected chi connectivity index (χ3v) is 4.01. The number of nitrogens with one attached hydrogen (secondary N) is 1. The van der Waals surface area contributed by atoms with Crippen LogP contribution in [0.2, 0.25) is 0 Å². The van der Waals surface area contributed by atoms with Crippen molar-refractivity contribution in [3.63, 3.8) is 0 Å². The molecule has 5 nitrogen and oxygen atoms in total. The van der Waals surface area contributed by atoms with E-state index in [4.69, 9.17) is 28.0 Å². The zero-order valence-electron chi connectivity index (χ0n) is 34.1. The highest BCUT2D eigenvalue weighted by atomic mass is 19.1. The van der Waals surface area contributed by atoms with E-state index in [-0.39, 0.29) is 33.6 Å². The zero-order chi connectivity index (χ0) is 37.1. The normalized spacial score (nSPS) is 27.2. The van der Waals surface area contributed by atoms with E-state index in [1.54, 1.807) is 13.8 Å². The van der Waals surface area contributed by atoms with Gasteiger partial charge in [-0.25, -0.2) is 9.18 Å². The van der Waals surface area contributed by atoms with Crippen LogP contribution in [-0.2, 0) is 13.0 Å². The van der Waals surface area contributed by atoms with Crippen LogP contribution in [0.25, 0.3) is 0 Å². The summed E-state index contributed by atoms with van der Waals surface area (Å²) in [5.41, 5.74) is -1.55. The van der Waals surface area contributed by atoms with E-state index < -0.39 is 118 Å². The third-order valence-electron chi connectivity index (χ3n) is 4.01. The van der Waals surface area contributed by atoms with E-state index in [2.05, 4.69) is 5.32 Å². The summed E-state index contributed by atoms with van der Waals surface area (Å²) < 4.78 is 160. The number of halogens is 1. The van der Waals surface area contributed by atoms with Crippen molar-refractivity contribution >= 4 is 6.03 Å². The van der Waals surface area contributed by atoms with Gasteiger partial charge >= 0.3 is 6.03 Å². The summed E-state index contributed by atoms with van der Waals surface area (Å²) in [4.78, 5) is 14.0. The maximum absolute atomic E-state index is 14.4. The Morgan fingerprint density at radius 3 is 2.52 bits per heavy atom. The molecule has 0 atom stereocenters. The molecule has 1 heterocycles. The maximum atomic E-state index is 14.4. The van der Waals surface area contributed by atoms with E-state index in [1.165, 1.54) is 0 Å². The van der Waals surface area contributed by atoms with Gasteiger partial charge in [0.25, 0.3) is 0 Å². The molecule has 2 aromatic carbocycles. The molecular weight excluding hydrogens is 393 g/mol. The first-order valence-corrected chi connectivity index (χ1v) is 9.56. The Kier molecular flexibility index (Phi) is 3.41. The molecule has 1 aliphatic rings. The van der Waals surface area contributed by atoms with Crippen LogP contribution in [0.1, 0.15) is 61.1 Å². The maximum Gasteiger partial charge on any atom is 0.318 e. The summed E-state index contributed by atoms with van der Waals surface area (Å²) >= 11 is 0. The van der Waals surface area contributed by atoms with Gasteiger partial charge in [-0.15, -0.1) is 0 Å². The van der Waals surface area contributed by atoms with Crippen molar-refractivity contribution in [2.45, 2.75) is 45.8 Å². The number of urea groups is 1. The molecule has 0 bridgehead atoms. The van der Waals surface area contributed by atoms with Gasteiger partial charge in [-0.3, -0.25) is 0 Å². The fraction of sp³-hybridized carbons (Fsp3) is 0.480. The molecule has 6 heteroatoms. The monoisotopic (exact) mass is 444 g/mol. The van der Waals surface area contributed by atoms with Crippen molar-refractivity contribution in [3.05, 3.63) is 65.3 Å². The Morgan fingerprint density at radius 1 is 1.26 bits per heavy atom. The highest BCUT2D eigenvalue weighted by Gasteiger charge is 2.27. The average Bonchev–Trinajstić information content (AvgIpc) is 2.91. The quantitative estimate of drug-likeness (QED) is 0.644. The predicted octanol–water partition coefficient (Wildman–Crippen LogP) is 4.67. The largest absolute Gasteiger partial charge is 0.493 e. The number of hydrogen-bond acceptors (Lipinski definition) is 3. The molecule has 1 aliphatic heterocycles. The number of rotatable bonds is 8. The lowest BCUT2D eigenvalue weighted by molar-refractivity contribution is 0.127. The van der Waals surface area contributed by atoms with Crippen molar-refractivity contribution < 1.29 is 37.2 Å². The number of nitrogens with zero attached hydrogens (tertiary/aromatic N) is 2. The number of likely N-dealkylation sites (tertiary alicyclic amines) is 1. The summed E-state index contributed by atoms with van der Waals surface area (Å²) in [5, 5.41) is 2.19. The molecule has 1 fully saturated rings. The molecule has 0 aliphatic carbocycles. The summed E-state index contributed by atoms with van der Waals surface area (Å²) in [7, 11) is 0. The van der Waals surface area contributed by atoms with E-state index in [0.717, 1.165) is 0 Å². The molecule has 2 amide bonds. The van der Waals surface area contributed by atoms with Crippen LogP contribution < -0.4 is 10.1 Å². The van der Waals surface area contributed by atoms with Gasteiger partial charge in [-0.2, -0.15) is 0 Å². The molecule has 2 aromatic rings. The van der Waals surface area contributed by atoms with Crippen molar-refractivity contribution in [2.75, 3.05) is 26.6 Å². The fourth-order valence-corrected chi connectivity index (χ4v) is 2.47. The molecule has 1 saturated heterocycles. The second-order valence-corrected chi connectivity index (χ2v) is 7.06. The average molecular weight is 445 g/mol. The number of piperidine rings is 1. The molecule has 3 rings (SSSR count). The van der Waals surface area contributed by atoms with Gasteiger partial charge < -0.3 is 19.9 Å². The lowest BCUT2D eigenvalue weighted by atomic mass is 10.0. The number of amides is 2. The highest BCUT2D eigenvalue weighted by Crippen LogP contribution is 2.19. The van der Waals surface area contributed by atoms with E-state index >= 15 is 0 Å². The highest BCUT2D eigenvalue weighted by molar-refractivity contribution is 5.74. The van der Waals surface area contributed by atoms with Gasteiger partial charge in [-0.05, 0) is 74.0 Å². The van der Waals surface area contributed by atoms with E-state index in [1.807, 2.05) is 0 Å². The Morgan fingerprint density at radius 2 is 1.90 bits per heavy atom. The predicted molar refractivity (Wildman–Crippen MR) is 121 cm³/mol. The number of hydrogen-bond donors (Lipinski definition) is 1. The Balaban J connectivity index is 2.17. The van der Waals surface area contributed by atoms with Gasteiger partial charge in [0.1, 0.15) is 11.6 Å². The second-order valence-electron chi connectivity index (χ2n) is 7.06. The van der Waals surface area contributed by atoms with Crippen molar-refractivity contribution in [1.29, 1.82) is 0 Å². The first-order chi connectivity index (χ1) is 21.7. The van der Waals surface area contributed by atoms with Crippen LogP contribution in [0.3, 0.4) is 0 Å². The Bertz CT molecular complexity index is 1510. The molecule has 0 saturated carbocycles. The molecule has 31 heavy (non-hydrogen) atoms. The first kappa shape index (κ1) is 9.49. The zero-order valence-corrected chi connectivity index (χ0v) is 17.1. The van der Waals surface area contributed by atoms with Crippen molar-refractivity contribution in [2.24, 2.45) is 5.92 Å². The van der Waals surface area contributed by atoms with Gasteiger partial charge in [-0.1, -0.05) is 38.0 Å². The van der Waals surface area contributed by atoms with Crippen molar-refractivity contribution in [1.82, 2.24) is 15.1 Å². The fourth-order valence-electron chi connectivity index (χ4n) is 2.47. The SMILES string of the molecule is [2H]c1c([2H])c(C([2H])([2H])N(C(=O)NCc2c([2H])c([2H])c(OCC(C)C)c([2H])c2[2H])C2CC([2H])([2H])N(C([2H])([2H])[2H])C([2H])([2H])C2)c([2H])c([2H])c1F. The first-order valence-electron chi connectivity index (χ1n) is 18.1. The van der Waals surface area contributed by atoms with Crippen LogP contribution in [0.15, 0.2) is 48.3 Å². The van der Waals surface area contributed by atoms with Crippen LogP contribution in [0, 0.1) is 11.7 Å². The molecule has 0 radical (unpaired) electrons. The van der Waals surface area contributed by atoms with Gasteiger partial charge in [0, 0.05) is 28.7 Å². The van der Waals surface area contributed by atoms with Crippen LogP contribution >= 0.6 is 0 Å². The third kappa shape index (κ3) is 7.24. The van der Waals surface area contributed by atoms with Crippen LogP contribution in [0.5, 0.6) is 5.75 Å². The molecule has 0 spiro atoms. The van der Waals surface area contributed by atoms with Crippen molar-refractivity contribution in [3.8, 4) is 5.75 Å². The van der Waals surface area contributed by atoms with Gasteiger partial charge in [0.05, 0.1) is 20.3 Å². The van der Waals surface area contributed by atoms with Crippen LogP contribution in [-0.4, -0.2) is 48.4 Å². The standard InChI is InChI=1S/C25H34FN3O2/c1-19(2)18-31-24-10-6-20(7-11-24)16-27-25(30)29(23-12-14-28(3)15-13-23)17-21-4-8-22(26)9-5-21/h4-11,19,23H,12-18H2,1-3H3,(H,27,30)/i3D3,4D,5D,6D,7D,8D,9D,10D,11D,14D2,15D2,17D2. The molecule has 0 aromatic heterocycles. The minimum absolute atomic E-state index is 0.0250. The van der Waals surface area contributed by atoms with E-state index in [9.17, 15) is 9.18 Å². The number of carbonyl (C=O) groups excluding carboxylic acids is 1. The smallest absolute Gasteiger partial charge is 0.318 e. The number of carbonyl (C=O) groups is 1. The minimum Gasteiger partial charge on any atom is -0.493 e. The minimum atomic E-state index is -3.47. The lowest BCUT2D eigenvalue weighted by Gasteiger charge is -2.37. The second kappa shape index (κ2) is 11.1. The number of benzene rings is 2. The molecular formula is C25H34FN3O2. The Hall–Kier alpha value is -2.60. The topological polar surface area (TPSA) is 44.8 Å². The lowest BCUT2D eigenvalue weighted by Crippen LogP contribution is -2.49. The molecule has 0 unspecified atom stereocenters. The summed E-state index contributed by atoms with van der Waals surface area (Å²) in [5.74, 6) is -2.00. The van der Waals surface area contributed by atoms with Gasteiger partial charge in [0.2, 0.25) is 0 Å². The van der Waals surface area contributed by atoms with Gasteiger partial charge in [0.15, 0.2) is 0 Å².